The molecule has 0 fully saturated rings. The van der Waals surface area contributed by atoms with Crippen LogP contribution in [-0.2, 0) is 9.22 Å². The fourth-order valence-electron chi connectivity index (χ4n) is 3.36. The van der Waals surface area contributed by atoms with E-state index in [0.717, 1.165) is 0 Å². The van der Waals surface area contributed by atoms with Crippen LogP contribution in [0.4, 0.5) is 10.1 Å². The number of anilines is 1. The molecule has 0 saturated heterocycles. The smallest absolute Gasteiger partial charge is 0.192 e. The Hall–Kier alpha value is -3.24. The Morgan fingerprint density at radius 2 is 1.92 bits per heavy atom. The fraction of sp³-hybridized carbons (Fsp3) is 0.423. The van der Waals surface area contributed by atoms with Crippen LogP contribution in [0.5, 0.6) is 11.5 Å². The number of benzene rings is 2. The molecular weight excluding hydrogens is 479 g/mol. The molecule has 194 valence electrons. The van der Waals surface area contributed by atoms with Crippen molar-refractivity contribution >= 4 is 19.8 Å². The van der Waals surface area contributed by atoms with Gasteiger partial charge in [0.05, 0.1) is 19.4 Å². The van der Waals surface area contributed by atoms with E-state index < -0.39 is 20.2 Å². The molecule has 8 nitrogen and oxygen atoms in total. The highest BCUT2D eigenvalue weighted by Crippen LogP contribution is 2.36. The number of ether oxygens (including phenoxy) is 2. The lowest BCUT2D eigenvalue weighted by Gasteiger charge is -2.36. The third-order valence-corrected chi connectivity index (χ3v) is 11.0. The number of halogens is 1. The second kappa shape index (κ2) is 11.2. The minimum atomic E-state index is -1.94. The molecule has 0 spiro atoms. The first-order chi connectivity index (χ1) is 16.9. The molecule has 0 aliphatic carbocycles. The van der Waals surface area contributed by atoms with Gasteiger partial charge in [-0.2, -0.15) is 5.10 Å². The summed E-state index contributed by atoms with van der Waals surface area (Å²) in [6, 6.07) is 8.80. The summed E-state index contributed by atoms with van der Waals surface area (Å²) in [5, 5.41) is 7.48. The number of nitrogens with zero attached hydrogens (tertiary/aromatic N) is 3. The van der Waals surface area contributed by atoms with Gasteiger partial charge in [-0.25, -0.2) is 14.1 Å². The molecule has 3 rings (SSSR count). The number of hydrogen-bond acceptors (Lipinski definition) is 7. The molecule has 1 unspecified atom stereocenters. The summed E-state index contributed by atoms with van der Waals surface area (Å²) >= 11 is 0. The van der Waals surface area contributed by atoms with Crippen molar-refractivity contribution in [3.63, 3.8) is 0 Å². The number of ketones is 1. The highest BCUT2D eigenvalue weighted by Gasteiger charge is 2.37. The summed E-state index contributed by atoms with van der Waals surface area (Å²) < 4.78 is 33.3. The average Bonchev–Trinajstić information content (AvgIpc) is 3.35. The molecular formula is C26H35FN4O4Si. The standard InChI is InChI=1S/C26H35FN4O4Si/c1-18(32)25(30-20-13-21(15-22(14-20)33-5)31-17-28-16-29-31)23-9-8-19(27)12-24(23)34-10-11-35-36(6,7)26(2,3)4/h8-9,12-17,25,30H,10-11H2,1-7H3. The van der Waals surface area contributed by atoms with E-state index in [1.165, 1.54) is 25.4 Å². The molecule has 0 aliphatic rings. The van der Waals surface area contributed by atoms with Gasteiger partial charge in [0.25, 0.3) is 0 Å². The van der Waals surface area contributed by atoms with Crippen LogP contribution < -0.4 is 14.8 Å². The quantitative estimate of drug-likeness (QED) is 0.265. The van der Waals surface area contributed by atoms with Gasteiger partial charge in [0.15, 0.2) is 14.1 Å². The van der Waals surface area contributed by atoms with E-state index in [0.29, 0.717) is 35.0 Å². The number of Topliss-reactive ketones (excluding diaryl/α,β-unsaturated/α-hetero) is 1. The molecule has 1 atom stereocenters. The summed E-state index contributed by atoms with van der Waals surface area (Å²) in [6.45, 7) is 12.9. The van der Waals surface area contributed by atoms with Crippen molar-refractivity contribution in [1.82, 2.24) is 14.8 Å². The number of aromatic nitrogens is 3. The molecule has 0 saturated carbocycles. The van der Waals surface area contributed by atoms with Crippen molar-refractivity contribution in [2.45, 2.75) is 51.9 Å². The van der Waals surface area contributed by atoms with Crippen LogP contribution >= 0.6 is 0 Å². The van der Waals surface area contributed by atoms with E-state index in [-0.39, 0.29) is 17.4 Å². The molecule has 1 N–H and O–H groups in total. The molecule has 0 aliphatic heterocycles. The number of methoxy groups -OCH3 is 1. The Morgan fingerprint density at radius 3 is 2.53 bits per heavy atom. The molecule has 10 heteroatoms. The maximum atomic E-state index is 14.2. The summed E-state index contributed by atoms with van der Waals surface area (Å²) in [6.07, 6.45) is 3.00. The Balaban J connectivity index is 1.84. The van der Waals surface area contributed by atoms with Crippen LogP contribution in [0.15, 0.2) is 49.1 Å². The lowest BCUT2D eigenvalue weighted by Crippen LogP contribution is -2.41. The van der Waals surface area contributed by atoms with E-state index in [9.17, 15) is 9.18 Å². The summed E-state index contributed by atoms with van der Waals surface area (Å²) in [5.41, 5.74) is 1.85. The van der Waals surface area contributed by atoms with Crippen molar-refractivity contribution in [3.05, 3.63) is 60.4 Å². The number of hydrogen-bond donors (Lipinski definition) is 1. The highest BCUT2D eigenvalue weighted by atomic mass is 28.4. The number of carbonyl (C=O) groups is 1. The van der Waals surface area contributed by atoms with Gasteiger partial charge in [-0.1, -0.05) is 20.8 Å². The Labute approximate surface area is 212 Å². The van der Waals surface area contributed by atoms with Gasteiger partial charge in [-0.05, 0) is 43.3 Å². The average molecular weight is 515 g/mol. The number of nitrogens with one attached hydrogen (secondary N) is 1. The normalized spacial score (nSPS) is 12.8. The molecule has 1 heterocycles. The summed E-state index contributed by atoms with van der Waals surface area (Å²) in [4.78, 5) is 16.7. The Kier molecular flexibility index (Phi) is 8.52. The molecule has 1 aromatic heterocycles. The van der Waals surface area contributed by atoms with Crippen LogP contribution in [0, 0.1) is 5.82 Å². The maximum absolute atomic E-state index is 14.2. The topological polar surface area (TPSA) is 87.5 Å². The van der Waals surface area contributed by atoms with Crippen LogP contribution in [0.25, 0.3) is 5.69 Å². The van der Waals surface area contributed by atoms with Gasteiger partial charge in [0, 0.05) is 29.4 Å². The van der Waals surface area contributed by atoms with Crippen molar-refractivity contribution in [2.75, 3.05) is 25.6 Å². The predicted molar refractivity (Wildman–Crippen MR) is 140 cm³/mol. The Bertz CT molecular complexity index is 1180. The minimum absolute atomic E-state index is 0.0719. The van der Waals surface area contributed by atoms with Crippen molar-refractivity contribution in [2.24, 2.45) is 0 Å². The lowest BCUT2D eigenvalue weighted by atomic mass is 10.0. The van der Waals surface area contributed by atoms with E-state index in [4.69, 9.17) is 13.9 Å². The van der Waals surface area contributed by atoms with Gasteiger partial charge >= 0.3 is 0 Å². The van der Waals surface area contributed by atoms with E-state index in [1.54, 1.807) is 36.3 Å². The fourth-order valence-corrected chi connectivity index (χ4v) is 4.39. The first kappa shape index (κ1) is 27.3. The molecule has 0 amide bonds. The van der Waals surface area contributed by atoms with Crippen LogP contribution in [0.1, 0.15) is 39.3 Å². The molecule has 2 aromatic carbocycles. The van der Waals surface area contributed by atoms with Crippen LogP contribution in [0.2, 0.25) is 18.1 Å². The molecule has 3 aromatic rings. The van der Waals surface area contributed by atoms with Crippen molar-refractivity contribution < 1.29 is 23.1 Å². The van der Waals surface area contributed by atoms with Crippen LogP contribution in [-0.4, -0.2) is 49.2 Å². The van der Waals surface area contributed by atoms with Crippen LogP contribution in [0.3, 0.4) is 0 Å². The van der Waals surface area contributed by atoms with Crippen molar-refractivity contribution in [1.29, 1.82) is 0 Å². The van der Waals surface area contributed by atoms with Crippen molar-refractivity contribution in [3.8, 4) is 17.2 Å². The third-order valence-electron chi connectivity index (χ3n) is 6.42. The van der Waals surface area contributed by atoms with Gasteiger partial charge in [0.2, 0.25) is 0 Å². The summed E-state index contributed by atoms with van der Waals surface area (Å²) in [5.74, 6) is 0.261. The predicted octanol–water partition coefficient (Wildman–Crippen LogP) is 5.56. The lowest BCUT2D eigenvalue weighted by molar-refractivity contribution is -0.117. The zero-order valence-corrected chi connectivity index (χ0v) is 23.0. The van der Waals surface area contributed by atoms with Gasteiger partial charge in [0.1, 0.15) is 42.6 Å². The third kappa shape index (κ3) is 6.70. The SMILES string of the molecule is COc1cc(NC(C(C)=O)c2ccc(F)cc2OCCO[Si](C)(C)C(C)(C)C)cc(-n2cncn2)c1. The second-order valence-electron chi connectivity index (χ2n) is 10.1. The number of carbonyl (C=O) groups excluding carboxylic acids is 1. The molecule has 36 heavy (non-hydrogen) atoms. The largest absolute Gasteiger partial charge is 0.497 e. The van der Waals surface area contributed by atoms with E-state index in [2.05, 4.69) is 49.3 Å². The summed E-state index contributed by atoms with van der Waals surface area (Å²) in [7, 11) is -0.380. The molecule has 0 radical (unpaired) electrons. The maximum Gasteiger partial charge on any atom is 0.192 e. The zero-order valence-electron chi connectivity index (χ0n) is 22.0. The zero-order chi connectivity index (χ0) is 26.5. The monoisotopic (exact) mass is 514 g/mol. The minimum Gasteiger partial charge on any atom is -0.497 e. The highest BCUT2D eigenvalue weighted by molar-refractivity contribution is 6.74. The Morgan fingerprint density at radius 1 is 1.17 bits per heavy atom. The van der Waals surface area contributed by atoms with Gasteiger partial charge in [-0.3, -0.25) is 4.79 Å². The molecule has 0 bridgehead atoms. The van der Waals surface area contributed by atoms with Gasteiger partial charge in [-0.15, -0.1) is 0 Å². The first-order valence-electron chi connectivity index (χ1n) is 11.8. The first-order valence-corrected chi connectivity index (χ1v) is 14.7. The van der Waals surface area contributed by atoms with E-state index in [1.807, 2.05) is 6.07 Å². The van der Waals surface area contributed by atoms with E-state index >= 15 is 0 Å². The number of rotatable bonds is 11. The van der Waals surface area contributed by atoms with Gasteiger partial charge < -0.3 is 19.2 Å². The second-order valence-corrected chi connectivity index (χ2v) is 14.9.